The van der Waals surface area contributed by atoms with Crippen molar-refractivity contribution in [3.05, 3.63) is 28.2 Å². The van der Waals surface area contributed by atoms with Crippen molar-refractivity contribution in [2.45, 2.75) is 18.9 Å². The molecule has 2 unspecified atom stereocenters. The minimum absolute atomic E-state index is 0.201. The van der Waals surface area contributed by atoms with Gasteiger partial charge < -0.3 is 11.1 Å². The summed E-state index contributed by atoms with van der Waals surface area (Å²) in [7, 11) is 0. The summed E-state index contributed by atoms with van der Waals surface area (Å²) in [5.41, 5.74) is 8.47. The second kappa shape index (κ2) is 3.31. The van der Waals surface area contributed by atoms with Crippen molar-refractivity contribution in [1.29, 1.82) is 0 Å². The molecule has 3 N–H and O–H groups in total. The van der Waals surface area contributed by atoms with Gasteiger partial charge >= 0.3 is 0 Å². The second-order valence-corrected chi connectivity index (χ2v) is 4.40. The van der Waals surface area contributed by atoms with Gasteiger partial charge in [0.05, 0.1) is 0 Å². The topological polar surface area (TPSA) is 38.0 Å². The van der Waals surface area contributed by atoms with Gasteiger partial charge in [0.15, 0.2) is 0 Å². The highest BCUT2D eigenvalue weighted by atomic mass is 79.9. The smallest absolute Gasteiger partial charge is 0.0388 e. The van der Waals surface area contributed by atoms with Crippen LogP contribution in [-0.2, 0) is 0 Å². The molecule has 0 fully saturated rings. The SMILES string of the molecule is CC(N)C1CNc2cccc(Br)c21. The first kappa shape index (κ1) is 9.03. The minimum atomic E-state index is 0.201. The monoisotopic (exact) mass is 240 g/mol. The van der Waals surface area contributed by atoms with E-state index < -0.39 is 0 Å². The van der Waals surface area contributed by atoms with E-state index in [1.807, 2.05) is 6.07 Å². The van der Waals surface area contributed by atoms with E-state index in [-0.39, 0.29) is 6.04 Å². The van der Waals surface area contributed by atoms with Gasteiger partial charge in [0.1, 0.15) is 0 Å². The highest BCUT2D eigenvalue weighted by Crippen LogP contribution is 2.37. The molecule has 0 saturated heterocycles. The summed E-state index contributed by atoms with van der Waals surface area (Å²) in [5, 5.41) is 3.36. The third kappa shape index (κ3) is 1.46. The van der Waals surface area contributed by atoms with Crippen LogP contribution in [0.2, 0.25) is 0 Å². The molecular formula is C10H13BrN2. The molecule has 0 aliphatic carbocycles. The van der Waals surface area contributed by atoms with Gasteiger partial charge in [0.25, 0.3) is 0 Å². The molecule has 1 aliphatic heterocycles. The number of hydrogen-bond donors (Lipinski definition) is 2. The Labute approximate surface area is 86.6 Å². The summed E-state index contributed by atoms with van der Waals surface area (Å²) in [4.78, 5) is 0. The molecule has 1 aliphatic rings. The van der Waals surface area contributed by atoms with Crippen molar-refractivity contribution in [3.63, 3.8) is 0 Å². The Morgan fingerprint density at radius 1 is 1.62 bits per heavy atom. The number of fused-ring (bicyclic) bond motifs is 1. The van der Waals surface area contributed by atoms with E-state index in [2.05, 4.69) is 40.3 Å². The van der Waals surface area contributed by atoms with Gasteiger partial charge in [0.2, 0.25) is 0 Å². The molecule has 1 aromatic carbocycles. The zero-order valence-electron chi connectivity index (χ0n) is 7.55. The Balaban J connectivity index is 2.46. The molecule has 2 nitrogen and oxygen atoms in total. The van der Waals surface area contributed by atoms with E-state index in [4.69, 9.17) is 5.73 Å². The number of nitrogens with one attached hydrogen (secondary N) is 1. The lowest BCUT2D eigenvalue weighted by Gasteiger charge is -2.15. The largest absolute Gasteiger partial charge is 0.384 e. The highest BCUT2D eigenvalue weighted by molar-refractivity contribution is 9.10. The fourth-order valence-corrected chi connectivity index (χ4v) is 2.50. The first-order valence-electron chi connectivity index (χ1n) is 4.48. The van der Waals surface area contributed by atoms with Crippen LogP contribution >= 0.6 is 15.9 Å². The van der Waals surface area contributed by atoms with E-state index in [0.29, 0.717) is 5.92 Å². The van der Waals surface area contributed by atoms with Crippen LogP contribution in [0.1, 0.15) is 18.4 Å². The fraction of sp³-hybridized carbons (Fsp3) is 0.400. The molecule has 0 spiro atoms. The molecule has 0 aromatic heterocycles. The lowest BCUT2D eigenvalue weighted by Crippen LogP contribution is -2.26. The molecule has 0 bridgehead atoms. The molecule has 0 amide bonds. The number of hydrogen-bond acceptors (Lipinski definition) is 2. The molecule has 13 heavy (non-hydrogen) atoms. The van der Waals surface area contributed by atoms with E-state index in [0.717, 1.165) is 11.0 Å². The number of halogens is 1. The lowest BCUT2D eigenvalue weighted by molar-refractivity contribution is 0.608. The van der Waals surface area contributed by atoms with Crippen LogP contribution in [0.3, 0.4) is 0 Å². The second-order valence-electron chi connectivity index (χ2n) is 3.55. The van der Waals surface area contributed by atoms with Gasteiger partial charge in [-0.25, -0.2) is 0 Å². The molecule has 70 valence electrons. The molecule has 2 atom stereocenters. The predicted molar refractivity (Wildman–Crippen MR) is 59.0 cm³/mol. The Hall–Kier alpha value is -0.540. The van der Waals surface area contributed by atoms with Crippen LogP contribution in [0.5, 0.6) is 0 Å². The third-order valence-electron chi connectivity index (χ3n) is 2.57. The summed E-state index contributed by atoms with van der Waals surface area (Å²) >= 11 is 3.56. The van der Waals surface area contributed by atoms with E-state index >= 15 is 0 Å². The van der Waals surface area contributed by atoms with Crippen LogP contribution in [-0.4, -0.2) is 12.6 Å². The van der Waals surface area contributed by atoms with Crippen molar-refractivity contribution >= 4 is 21.6 Å². The number of benzene rings is 1. The zero-order valence-corrected chi connectivity index (χ0v) is 9.14. The summed E-state index contributed by atoms with van der Waals surface area (Å²) in [5.74, 6) is 0.436. The van der Waals surface area contributed by atoms with E-state index in [9.17, 15) is 0 Å². The van der Waals surface area contributed by atoms with Gasteiger partial charge in [-0.15, -0.1) is 0 Å². The molecule has 2 rings (SSSR count). The third-order valence-corrected chi connectivity index (χ3v) is 3.26. The van der Waals surface area contributed by atoms with Crippen molar-refractivity contribution in [2.75, 3.05) is 11.9 Å². The standard InChI is InChI=1S/C10H13BrN2/c1-6(12)7-5-13-9-4-2-3-8(11)10(7)9/h2-4,6-7,13H,5,12H2,1H3. The maximum absolute atomic E-state index is 5.92. The van der Waals surface area contributed by atoms with Crippen LogP contribution in [0, 0.1) is 0 Å². The van der Waals surface area contributed by atoms with Gasteiger partial charge in [-0.3, -0.25) is 0 Å². The number of rotatable bonds is 1. The van der Waals surface area contributed by atoms with E-state index in [1.165, 1.54) is 11.3 Å². The van der Waals surface area contributed by atoms with Crippen LogP contribution in [0.25, 0.3) is 0 Å². The Kier molecular flexibility index (Phi) is 2.30. The quantitative estimate of drug-likeness (QED) is 0.791. The number of nitrogens with two attached hydrogens (primary N) is 1. The Bertz CT molecular complexity index is 323. The average Bonchev–Trinajstić information content (AvgIpc) is 2.49. The predicted octanol–water partition coefficient (Wildman–Crippen LogP) is 2.31. The summed E-state index contributed by atoms with van der Waals surface area (Å²) < 4.78 is 1.16. The van der Waals surface area contributed by atoms with E-state index in [1.54, 1.807) is 0 Å². The van der Waals surface area contributed by atoms with Gasteiger partial charge in [-0.2, -0.15) is 0 Å². The first-order valence-corrected chi connectivity index (χ1v) is 5.27. The van der Waals surface area contributed by atoms with Crippen molar-refractivity contribution in [3.8, 4) is 0 Å². The van der Waals surface area contributed by atoms with Crippen LogP contribution in [0.15, 0.2) is 22.7 Å². The van der Waals surface area contributed by atoms with Crippen molar-refractivity contribution in [1.82, 2.24) is 0 Å². The van der Waals surface area contributed by atoms with Crippen molar-refractivity contribution < 1.29 is 0 Å². The molecule has 3 heteroatoms. The van der Waals surface area contributed by atoms with Gasteiger partial charge in [-0.05, 0) is 24.6 Å². The summed E-state index contributed by atoms with van der Waals surface area (Å²) in [6, 6.07) is 6.41. The maximum atomic E-state index is 5.92. The normalized spacial score (nSPS) is 22.2. The average molecular weight is 241 g/mol. The van der Waals surface area contributed by atoms with Gasteiger partial charge in [0, 0.05) is 28.7 Å². The molecule has 0 saturated carbocycles. The molecule has 0 radical (unpaired) electrons. The molecule has 1 heterocycles. The highest BCUT2D eigenvalue weighted by Gasteiger charge is 2.26. The molecule has 1 aromatic rings. The lowest BCUT2D eigenvalue weighted by atomic mass is 9.95. The number of anilines is 1. The van der Waals surface area contributed by atoms with Crippen LogP contribution < -0.4 is 11.1 Å². The van der Waals surface area contributed by atoms with Crippen LogP contribution in [0.4, 0.5) is 5.69 Å². The molecular weight excluding hydrogens is 228 g/mol. The zero-order chi connectivity index (χ0) is 9.42. The Morgan fingerprint density at radius 3 is 3.08 bits per heavy atom. The Morgan fingerprint density at radius 2 is 2.38 bits per heavy atom. The summed E-state index contributed by atoms with van der Waals surface area (Å²) in [6.45, 7) is 3.01. The maximum Gasteiger partial charge on any atom is 0.0388 e. The minimum Gasteiger partial charge on any atom is -0.384 e. The van der Waals surface area contributed by atoms with Crippen molar-refractivity contribution in [2.24, 2.45) is 5.73 Å². The summed E-state index contributed by atoms with van der Waals surface area (Å²) in [6.07, 6.45) is 0. The van der Waals surface area contributed by atoms with Gasteiger partial charge in [-0.1, -0.05) is 22.0 Å². The first-order chi connectivity index (χ1) is 6.20. The fourth-order valence-electron chi connectivity index (χ4n) is 1.84.